The summed E-state index contributed by atoms with van der Waals surface area (Å²) in [6.45, 7) is 5.46. The third-order valence-electron chi connectivity index (χ3n) is 3.63. The zero-order valence-electron chi connectivity index (χ0n) is 12.0. The van der Waals surface area contributed by atoms with E-state index in [1.807, 2.05) is 0 Å². The molecule has 0 aromatic carbocycles. The molecule has 1 fully saturated rings. The SMILES string of the molecule is Cc1ncc([N+](=O)[O-])cc1C(=O)NC1CCNCC1C.Cl. The van der Waals surface area contributed by atoms with E-state index in [4.69, 9.17) is 0 Å². The Labute approximate surface area is 129 Å². The lowest BCUT2D eigenvalue weighted by Crippen LogP contribution is -2.48. The number of nitro groups is 1. The zero-order chi connectivity index (χ0) is 14.7. The van der Waals surface area contributed by atoms with E-state index in [-0.39, 0.29) is 35.6 Å². The van der Waals surface area contributed by atoms with E-state index >= 15 is 0 Å². The van der Waals surface area contributed by atoms with Crippen LogP contribution in [0.1, 0.15) is 29.4 Å². The van der Waals surface area contributed by atoms with Gasteiger partial charge >= 0.3 is 0 Å². The van der Waals surface area contributed by atoms with Gasteiger partial charge in [0.1, 0.15) is 6.20 Å². The second-order valence-corrected chi connectivity index (χ2v) is 5.13. The lowest BCUT2D eigenvalue weighted by Gasteiger charge is -2.30. The number of aryl methyl sites for hydroxylation is 1. The summed E-state index contributed by atoms with van der Waals surface area (Å²) in [6.07, 6.45) is 2.02. The molecule has 1 aromatic heterocycles. The summed E-state index contributed by atoms with van der Waals surface area (Å²) < 4.78 is 0. The van der Waals surface area contributed by atoms with Crippen LogP contribution in [0.25, 0.3) is 0 Å². The Morgan fingerprint density at radius 2 is 2.29 bits per heavy atom. The van der Waals surface area contributed by atoms with Crippen molar-refractivity contribution < 1.29 is 9.72 Å². The van der Waals surface area contributed by atoms with Crippen LogP contribution in [0.4, 0.5) is 5.69 Å². The van der Waals surface area contributed by atoms with Crippen LogP contribution in [-0.2, 0) is 0 Å². The summed E-state index contributed by atoms with van der Waals surface area (Å²) in [6, 6.07) is 1.37. The van der Waals surface area contributed by atoms with Gasteiger partial charge in [-0.2, -0.15) is 0 Å². The van der Waals surface area contributed by atoms with E-state index < -0.39 is 4.92 Å². The van der Waals surface area contributed by atoms with E-state index in [1.165, 1.54) is 12.3 Å². The summed E-state index contributed by atoms with van der Waals surface area (Å²) >= 11 is 0. The van der Waals surface area contributed by atoms with Gasteiger partial charge in [0.2, 0.25) is 0 Å². The number of piperidine rings is 1. The smallest absolute Gasteiger partial charge is 0.288 e. The zero-order valence-corrected chi connectivity index (χ0v) is 12.8. The number of halogens is 1. The standard InChI is InChI=1S/C13H18N4O3.ClH/c1-8-6-14-4-3-12(8)16-13(18)11-5-10(17(19)20)7-15-9(11)2;/h5,7-8,12,14H,3-4,6H2,1-2H3,(H,16,18);1H. The minimum Gasteiger partial charge on any atom is -0.349 e. The molecule has 0 aliphatic carbocycles. The Balaban J connectivity index is 0.00000220. The van der Waals surface area contributed by atoms with Crippen molar-refractivity contribution >= 4 is 24.0 Å². The molecule has 7 nitrogen and oxygen atoms in total. The number of aromatic nitrogens is 1. The van der Waals surface area contributed by atoms with Gasteiger partial charge < -0.3 is 10.6 Å². The molecule has 2 N–H and O–H groups in total. The van der Waals surface area contributed by atoms with Gasteiger partial charge in [-0.15, -0.1) is 12.4 Å². The normalized spacial score (nSPS) is 21.2. The summed E-state index contributed by atoms with van der Waals surface area (Å²) in [5.41, 5.74) is 0.596. The van der Waals surface area contributed by atoms with E-state index in [0.717, 1.165) is 19.5 Å². The van der Waals surface area contributed by atoms with E-state index in [9.17, 15) is 14.9 Å². The second kappa shape index (κ2) is 7.33. The molecule has 1 saturated heterocycles. The Morgan fingerprint density at radius 3 is 2.90 bits per heavy atom. The van der Waals surface area contributed by atoms with Crippen molar-refractivity contribution in [2.24, 2.45) is 5.92 Å². The highest BCUT2D eigenvalue weighted by molar-refractivity contribution is 5.96. The lowest BCUT2D eigenvalue weighted by molar-refractivity contribution is -0.385. The fourth-order valence-electron chi connectivity index (χ4n) is 2.33. The Morgan fingerprint density at radius 1 is 1.57 bits per heavy atom. The van der Waals surface area contributed by atoms with Crippen molar-refractivity contribution in [2.45, 2.75) is 26.3 Å². The Bertz CT molecular complexity index is 538. The number of nitrogens with zero attached hydrogens (tertiary/aromatic N) is 2. The molecule has 2 rings (SSSR count). The first kappa shape index (κ1) is 17.3. The highest BCUT2D eigenvalue weighted by atomic mass is 35.5. The van der Waals surface area contributed by atoms with Gasteiger partial charge in [0, 0.05) is 12.1 Å². The average molecular weight is 315 g/mol. The molecule has 0 radical (unpaired) electrons. The molecular weight excluding hydrogens is 296 g/mol. The molecule has 1 aromatic rings. The Hall–Kier alpha value is -1.73. The van der Waals surface area contributed by atoms with Crippen molar-refractivity contribution in [2.75, 3.05) is 13.1 Å². The molecule has 116 valence electrons. The monoisotopic (exact) mass is 314 g/mol. The molecule has 0 saturated carbocycles. The van der Waals surface area contributed by atoms with Crippen molar-refractivity contribution in [3.8, 4) is 0 Å². The van der Waals surface area contributed by atoms with Crippen molar-refractivity contribution in [1.29, 1.82) is 0 Å². The highest BCUT2D eigenvalue weighted by Crippen LogP contribution is 2.16. The van der Waals surface area contributed by atoms with Gasteiger partial charge in [0.25, 0.3) is 11.6 Å². The van der Waals surface area contributed by atoms with Gasteiger partial charge in [-0.05, 0) is 32.4 Å². The molecule has 1 amide bonds. The maximum Gasteiger partial charge on any atom is 0.288 e. The van der Waals surface area contributed by atoms with E-state index in [2.05, 4.69) is 22.5 Å². The molecule has 0 bridgehead atoms. The predicted octanol–water partition coefficient (Wildman–Crippen LogP) is 1.45. The summed E-state index contributed by atoms with van der Waals surface area (Å²) in [5.74, 6) is 0.0390. The average Bonchev–Trinajstić information content (AvgIpc) is 2.41. The van der Waals surface area contributed by atoms with Gasteiger partial charge in [0.15, 0.2) is 0 Å². The molecule has 21 heavy (non-hydrogen) atoms. The van der Waals surface area contributed by atoms with Crippen molar-refractivity contribution in [1.82, 2.24) is 15.6 Å². The highest BCUT2D eigenvalue weighted by Gasteiger charge is 2.24. The molecule has 2 unspecified atom stereocenters. The number of nitrogens with one attached hydrogen (secondary N) is 2. The first-order valence-corrected chi connectivity index (χ1v) is 6.61. The molecule has 0 spiro atoms. The third-order valence-corrected chi connectivity index (χ3v) is 3.63. The van der Waals surface area contributed by atoms with E-state index in [1.54, 1.807) is 6.92 Å². The molecule has 8 heteroatoms. The van der Waals surface area contributed by atoms with Crippen LogP contribution in [0, 0.1) is 23.0 Å². The Kier molecular flexibility index (Phi) is 6.04. The van der Waals surface area contributed by atoms with Gasteiger partial charge in [-0.1, -0.05) is 6.92 Å². The van der Waals surface area contributed by atoms with E-state index in [0.29, 0.717) is 11.6 Å². The minimum absolute atomic E-state index is 0. The molecule has 2 atom stereocenters. The van der Waals surface area contributed by atoms with Gasteiger partial charge in [-0.25, -0.2) is 0 Å². The number of carbonyl (C=O) groups excluding carboxylic acids is 1. The molecular formula is C13H19ClN4O3. The third kappa shape index (κ3) is 4.12. The molecule has 1 aliphatic heterocycles. The summed E-state index contributed by atoms with van der Waals surface area (Å²) in [4.78, 5) is 26.4. The fourth-order valence-corrected chi connectivity index (χ4v) is 2.33. The van der Waals surface area contributed by atoms with Crippen LogP contribution in [0.5, 0.6) is 0 Å². The number of carbonyl (C=O) groups is 1. The lowest BCUT2D eigenvalue weighted by atomic mass is 9.95. The van der Waals surface area contributed by atoms with Gasteiger partial charge in [0.05, 0.1) is 16.2 Å². The van der Waals surface area contributed by atoms with Crippen molar-refractivity contribution in [3.63, 3.8) is 0 Å². The predicted molar refractivity (Wildman–Crippen MR) is 80.8 cm³/mol. The molecule has 2 heterocycles. The van der Waals surface area contributed by atoms with Crippen LogP contribution in [0.2, 0.25) is 0 Å². The largest absolute Gasteiger partial charge is 0.349 e. The quantitative estimate of drug-likeness (QED) is 0.650. The number of amides is 1. The number of hydrogen-bond acceptors (Lipinski definition) is 5. The van der Waals surface area contributed by atoms with Crippen LogP contribution in [0.15, 0.2) is 12.3 Å². The number of pyridine rings is 1. The summed E-state index contributed by atoms with van der Waals surface area (Å²) in [5, 5.41) is 17.0. The van der Waals surface area contributed by atoms with Gasteiger partial charge in [-0.3, -0.25) is 19.9 Å². The van der Waals surface area contributed by atoms with Crippen LogP contribution < -0.4 is 10.6 Å². The fraction of sp³-hybridized carbons (Fsp3) is 0.538. The molecule has 1 aliphatic rings. The first-order valence-electron chi connectivity index (χ1n) is 6.61. The maximum atomic E-state index is 12.3. The maximum absolute atomic E-state index is 12.3. The van der Waals surface area contributed by atoms with Crippen LogP contribution in [-0.4, -0.2) is 34.9 Å². The summed E-state index contributed by atoms with van der Waals surface area (Å²) in [7, 11) is 0. The topological polar surface area (TPSA) is 97.2 Å². The first-order chi connectivity index (χ1) is 9.49. The van der Waals surface area contributed by atoms with Crippen LogP contribution in [0.3, 0.4) is 0 Å². The number of rotatable bonds is 3. The van der Waals surface area contributed by atoms with Crippen molar-refractivity contribution in [3.05, 3.63) is 33.6 Å². The second-order valence-electron chi connectivity index (χ2n) is 5.13. The van der Waals surface area contributed by atoms with Crippen LogP contribution >= 0.6 is 12.4 Å². The number of hydrogen-bond donors (Lipinski definition) is 2. The minimum atomic E-state index is -0.545.